The molecular formula is C9H16N4O3. The number of aryl methyl sites for hydroxylation is 2. The van der Waals surface area contributed by atoms with Crippen molar-refractivity contribution in [2.24, 2.45) is 0 Å². The summed E-state index contributed by atoms with van der Waals surface area (Å²) in [7, 11) is 0. The van der Waals surface area contributed by atoms with Crippen molar-refractivity contribution in [2.75, 3.05) is 25.1 Å². The van der Waals surface area contributed by atoms with Crippen LogP contribution in [0.2, 0.25) is 0 Å². The summed E-state index contributed by atoms with van der Waals surface area (Å²) in [5.74, 6) is 0.167. The number of aliphatic hydroxyl groups excluding tert-OH is 3. The third kappa shape index (κ3) is 2.63. The smallest absolute Gasteiger partial charge is 0.243 e. The number of hydrogen-bond donors (Lipinski definition) is 4. The second-order valence-corrected chi connectivity index (χ2v) is 3.69. The summed E-state index contributed by atoms with van der Waals surface area (Å²) in [5.41, 5.74) is 0.164. The summed E-state index contributed by atoms with van der Waals surface area (Å²) in [5, 5.41) is 37.6. The second-order valence-electron chi connectivity index (χ2n) is 3.69. The lowest BCUT2D eigenvalue weighted by atomic mass is 10.0. The van der Waals surface area contributed by atoms with Gasteiger partial charge in [-0.15, -0.1) is 5.10 Å². The van der Waals surface area contributed by atoms with Crippen LogP contribution in [0.1, 0.15) is 11.4 Å². The molecule has 0 amide bonds. The van der Waals surface area contributed by atoms with Crippen LogP contribution in [-0.2, 0) is 0 Å². The Hall–Kier alpha value is -1.31. The van der Waals surface area contributed by atoms with Crippen molar-refractivity contribution >= 4 is 5.95 Å². The summed E-state index contributed by atoms with van der Waals surface area (Å²) in [4.78, 5) is 4.08. The molecule has 0 aliphatic rings. The van der Waals surface area contributed by atoms with E-state index < -0.39 is 25.4 Å². The van der Waals surface area contributed by atoms with Crippen LogP contribution in [0.3, 0.4) is 0 Å². The van der Waals surface area contributed by atoms with E-state index in [0.29, 0.717) is 11.4 Å². The molecule has 4 N–H and O–H groups in total. The first-order valence-corrected chi connectivity index (χ1v) is 4.85. The lowest BCUT2D eigenvalue weighted by Gasteiger charge is -2.28. The van der Waals surface area contributed by atoms with Gasteiger partial charge in [0.2, 0.25) is 5.95 Å². The molecule has 0 bridgehead atoms. The van der Waals surface area contributed by atoms with Gasteiger partial charge < -0.3 is 20.6 Å². The van der Waals surface area contributed by atoms with Crippen molar-refractivity contribution in [3.8, 4) is 0 Å². The number of aromatic nitrogens is 3. The number of aliphatic hydroxyl groups is 3. The standard InChI is InChI=1S/C9H16N4O3/c1-6-7(2)12-13-8(10-6)11-9(3-14,4-15)5-16/h14-16H,3-5H2,1-2H3,(H,10,11,13). The molecule has 16 heavy (non-hydrogen) atoms. The van der Waals surface area contributed by atoms with Crippen LogP contribution < -0.4 is 5.32 Å². The molecule has 7 nitrogen and oxygen atoms in total. The molecule has 1 aromatic rings. The van der Waals surface area contributed by atoms with Gasteiger partial charge in [-0.05, 0) is 13.8 Å². The maximum Gasteiger partial charge on any atom is 0.243 e. The number of hydrogen-bond acceptors (Lipinski definition) is 7. The highest BCUT2D eigenvalue weighted by molar-refractivity contribution is 5.30. The van der Waals surface area contributed by atoms with Gasteiger partial charge >= 0.3 is 0 Å². The Kier molecular flexibility index (Phi) is 4.11. The molecular weight excluding hydrogens is 212 g/mol. The molecule has 0 unspecified atom stereocenters. The zero-order chi connectivity index (χ0) is 12.2. The van der Waals surface area contributed by atoms with Crippen LogP contribution in [0.15, 0.2) is 0 Å². The molecule has 0 atom stereocenters. The number of nitrogens with one attached hydrogen (secondary N) is 1. The van der Waals surface area contributed by atoms with Gasteiger partial charge in [0.25, 0.3) is 0 Å². The van der Waals surface area contributed by atoms with Crippen molar-refractivity contribution in [1.29, 1.82) is 0 Å². The topological polar surface area (TPSA) is 111 Å². The van der Waals surface area contributed by atoms with Gasteiger partial charge in [0, 0.05) is 0 Å². The molecule has 0 aliphatic heterocycles. The molecule has 0 spiro atoms. The number of nitrogens with zero attached hydrogens (tertiary/aromatic N) is 3. The summed E-state index contributed by atoms with van der Waals surface area (Å²) in [6.07, 6.45) is 0. The molecule has 90 valence electrons. The van der Waals surface area contributed by atoms with Crippen LogP contribution in [0.5, 0.6) is 0 Å². The first-order chi connectivity index (χ1) is 7.56. The minimum atomic E-state index is -1.23. The van der Waals surface area contributed by atoms with Gasteiger partial charge in [0.1, 0.15) is 5.54 Å². The second kappa shape index (κ2) is 5.15. The van der Waals surface area contributed by atoms with Crippen molar-refractivity contribution in [3.05, 3.63) is 11.4 Å². The third-order valence-corrected chi connectivity index (χ3v) is 2.38. The lowest BCUT2D eigenvalue weighted by molar-refractivity contribution is 0.0827. The van der Waals surface area contributed by atoms with E-state index in [9.17, 15) is 0 Å². The van der Waals surface area contributed by atoms with Crippen molar-refractivity contribution in [2.45, 2.75) is 19.4 Å². The van der Waals surface area contributed by atoms with E-state index in [1.54, 1.807) is 13.8 Å². The van der Waals surface area contributed by atoms with Crippen molar-refractivity contribution in [3.63, 3.8) is 0 Å². The van der Waals surface area contributed by atoms with Crippen LogP contribution in [0.4, 0.5) is 5.95 Å². The number of anilines is 1. The minimum Gasteiger partial charge on any atom is -0.394 e. The fourth-order valence-corrected chi connectivity index (χ4v) is 1.02. The van der Waals surface area contributed by atoms with E-state index in [0.717, 1.165) is 0 Å². The molecule has 0 aromatic carbocycles. The zero-order valence-corrected chi connectivity index (χ0v) is 9.30. The summed E-state index contributed by atoms with van der Waals surface area (Å²) in [6.45, 7) is 2.24. The molecule has 1 aromatic heterocycles. The average Bonchev–Trinajstić information content (AvgIpc) is 2.31. The van der Waals surface area contributed by atoms with E-state index in [2.05, 4.69) is 20.5 Å². The largest absolute Gasteiger partial charge is 0.394 e. The van der Waals surface area contributed by atoms with Crippen LogP contribution >= 0.6 is 0 Å². The first-order valence-electron chi connectivity index (χ1n) is 4.85. The number of rotatable bonds is 5. The Morgan fingerprint density at radius 2 is 1.56 bits per heavy atom. The Morgan fingerprint density at radius 3 is 2.00 bits per heavy atom. The zero-order valence-electron chi connectivity index (χ0n) is 9.30. The Labute approximate surface area is 93.2 Å². The summed E-state index contributed by atoms with van der Waals surface area (Å²) in [6, 6.07) is 0. The maximum absolute atomic E-state index is 9.10. The Morgan fingerprint density at radius 1 is 1.00 bits per heavy atom. The predicted molar refractivity (Wildman–Crippen MR) is 56.9 cm³/mol. The van der Waals surface area contributed by atoms with Gasteiger partial charge in [-0.25, -0.2) is 4.98 Å². The minimum absolute atomic E-state index is 0.167. The molecule has 1 heterocycles. The van der Waals surface area contributed by atoms with Crippen molar-refractivity contribution < 1.29 is 15.3 Å². The van der Waals surface area contributed by atoms with Crippen LogP contribution in [0, 0.1) is 13.8 Å². The van der Waals surface area contributed by atoms with Gasteiger partial charge in [-0.1, -0.05) is 0 Å². The van der Waals surface area contributed by atoms with E-state index in [1.165, 1.54) is 0 Å². The first kappa shape index (κ1) is 12.8. The molecule has 0 aliphatic carbocycles. The monoisotopic (exact) mass is 228 g/mol. The highest BCUT2D eigenvalue weighted by Crippen LogP contribution is 2.11. The fourth-order valence-electron chi connectivity index (χ4n) is 1.02. The molecule has 0 radical (unpaired) electrons. The summed E-state index contributed by atoms with van der Waals surface area (Å²) >= 11 is 0. The third-order valence-electron chi connectivity index (χ3n) is 2.38. The highest BCUT2D eigenvalue weighted by atomic mass is 16.3. The van der Waals surface area contributed by atoms with Gasteiger partial charge in [-0.2, -0.15) is 5.10 Å². The van der Waals surface area contributed by atoms with Gasteiger partial charge in [0.05, 0.1) is 31.2 Å². The van der Waals surface area contributed by atoms with Crippen molar-refractivity contribution in [1.82, 2.24) is 15.2 Å². The van der Waals surface area contributed by atoms with Crippen LogP contribution in [-0.4, -0.2) is 55.9 Å². The van der Waals surface area contributed by atoms with Gasteiger partial charge in [-0.3, -0.25) is 0 Å². The summed E-state index contributed by atoms with van der Waals surface area (Å²) < 4.78 is 0. The molecule has 0 saturated carbocycles. The molecule has 0 saturated heterocycles. The molecule has 1 rings (SSSR count). The van der Waals surface area contributed by atoms with E-state index >= 15 is 0 Å². The Bertz CT molecular complexity index is 346. The maximum atomic E-state index is 9.10. The average molecular weight is 228 g/mol. The Balaban J connectivity index is 2.89. The highest BCUT2D eigenvalue weighted by Gasteiger charge is 2.28. The van der Waals surface area contributed by atoms with E-state index in [1.807, 2.05) is 0 Å². The van der Waals surface area contributed by atoms with Crippen LogP contribution in [0.25, 0.3) is 0 Å². The SMILES string of the molecule is Cc1nnc(NC(CO)(CO)CO)nc1C. The molecule has 7 heteroatoms. The fraction of sp³-hybridized carbons (Fsp3) is 0.667. The van der Waals surface area contributed by atoms with E-state index in [-0.39, 0.29) is 5.95 Å². The normalized spacial score (nSPS) is 11.6. The lowest BCUT2D eigenvalue weighted by Crippen LogP contribution is -2.49. The quantitative estimate of drug-likeness (QED) is 0.491. The molecule has 0 fully saturated rings. The predicted octanol–water partition coefficient (Wildman–Crippen LogP) is -1.38. The van der Waals surface area contributed by atoms with Gasteiger partial charge in [0.15, 0.2) is 0 Å². The van der Waals surface area contributed by atoms with E-state index in [4.69, 9.17) is 15.3 Å².